The van der Waals surface area contributed by atoms with Crippen molar-refractivity contribution in [2.24, 2.45) is 0 Å². The van der Waals surface area contributed by atoms with Crippen LogP contribution in [0.2, 0.25) is 0 Å². The van der Waals surface area contributed by atoms with E-state index in [0.717, 1.165) is 25.7 Å². The van der Waals surface area contributed by atoms with E-state index in [1.165, 1.54) is 0 Å². The fourth-order valence-electron chi connectivity index (χ4n) is 1.72. The summed E-state index contributed by atoms with van der Waals surface area (Å²) in [6.45, 7) is 0.643. The Labute approximate surface area is 124 Å². The van der Waals surface area contributed by atoms with Gasteiger partial charge in [-0.3, -0.25) is 9.59 Å². The van der Waals surface area contributed by atoms with E-state index in [9.17, 15) is 24.9 Å². The average Bonchev–Trinajstić information content (AvgIpc) is 2.49. The predicted molar refractivity (Wildman–Crippen MR) is 74.4 cm³/mol. The Balaban J connectivity index is 3.88. The Kier molecular flexibility index (Phi) is 11.1. The number of ether oxygens (including phenoxy) is 1. The maximum Gasteiger partial charge on any atom is 0.305 e. The maximum atomic E-state index is 11.4. The summed E-state index contributed by atoms with van der Waals surface area (Å²) in [6.07, 6.45) is -0.147. The molecule has 0 aliphatic rings. The minimum Gasteiger partial charge on any atom is -0.463 e. The second-order valence-corrected chi connectivity index (χ2v) is 4.97. The fourth-order valence-corrected chi connectivity index (χ4v) is 1.72. The van der Waals surface area contributed by atoms with E-state index in [0.29, 0.717) is 6.42 Å². The van der Waals surface area contributed by atoms with Crippen LogP contribution in [-0.4, -0.2) is 63.7 Å². The normalized spacial score (nSPS) is 15.3. The summed E-state index contributed by atoms with van der Waals surface area (Å²) in [7, 11) is 0. The van der Waals surface area contributed by atoms with Crippen molar-refractivity contribution < 1.29 is 34.8 Å². The third-order valence-corrected chi connectivity index (χ3v) is 3.10. The molecule has 0 aromatic rings. The molecule has 0 rings (SSSR count). The number of carbonyl (C=O) groups is 2. The smallest absolute Gasteiger partial charge is 0.305 e. The summed E-state index contributed by atoms with van der Waals surface area (Å²) in [5, 5.41) is 36.8. The molecule has 0 aromatic carbocycles. The first kappa shape index (κ1) is 20.0. The van der Waals surface area contributed by atoms with Crippen LogP contribution in [-0.2, 0) is 14.3 Å². The Bertz CT molecular complexity index is 306. The van der Waals surface area contributed by atoms with Gasteiger partial charge in [0.25, 0.3) is 0 Å². The maximum absolute atomic E-state index is 11.4. The lowest BCUT2D eigenvalue weighted by Gasteiger charge is -2.21. The van der Waals surface area contributed by atoms with Crippen LogP contribution in [0.25, 0.3) is 0 Å². The number of hydrogen-bond acceptors (Lipinski definition) is 7. The zero-order valence-corrected chi connectivity index (χ0v) is 12.4. The SMILES string of the molecule is CCCCCCCC(=O)OC[C@@H](O)[C@@H](O)[C@H](O)C(=O)CO. The molecular weight excluding hydrogens is 280 g/mol. The van der Waals surface area contributed by atoms with Gasteiger partial charge in [0, 0.05) is 6.42 Å². The van der Waals surface area contributed by atoms with Crippen molar-refractivity contribution in [2.75, 3.05) is 13.2 Å². The Morgan fingerprint density at radius 2 is 1.67 bits per heavy atom. The first-order chi connectivity index (χ1) is 9.93. The molecule has 7 heteroatoms. The molecule has 3 atom stereocenters. The average molecular weight is 306 g/mol. The van der Waals surface area contributed by atoms with Crippen molar-refractivity contribution in [2.45, 2.75) is 63.8 Å². The molecule has 0 radical (unpaired) electrons. The highest BCUT2D eigenvalue weighted by atomic mass is 16.5. The summed E-state index contributed by atoms with van der Waals surface area (Å²) >= 11 is 0. The molecule has 0 fully saturated rings. The molecule has 0 bridgehead atoms. The van der Waals surface area contributed by atoms with Crippen molar-refractivity contribution in [3.63, 3.8) is 0 Å². The number of aliphatic hydroxyl groups is 4. The number of esters is 1. The number of hydrogen-bond donors (Lipinski definition) is 4. The first-order valence-corrected chi connectivity index (χ1v) is 7.27. The van der Waals surface area contributed by atoms with Crippen molar-refractivity contribution in [1.82, 2.24) is 0 Å². The van der Waals surface area contributed by atoms with Crippen molar-refractivity contribution in [3.05, 3.63) is 0 Å². The van der Waals surface area contributed by atoms with Crippen LogP contribution in [0.15, 0.2) is 0 Å². The second kappa shape index (κ2) is 11.6. The van der Waals surface area contributed by atoms with Gasteiger partial charge in [-0.2, -0.15) is 0 Å². The summed E-state index contributed by atoms with van der Waals surface area (Å²) in [5.74, 6) is -1.51. The number of unbranched alkanes of at least 4 members (excludes halogenated alkanes) is 4. The highest BCUT2D eigenvalue weighted by Crippen LogP contribution is 2.07. The third kappa shape index (κ3) is 8.77. The summed E-state index contributed by atoms with van der Waals surface area (Å²) in [5.41, 5.74) is 0. The van der Waals surface area contributed by atoms with Gasteiger partial charge in [0.05, 0.1) is 0 Å². The molecule has 0 saturated carbocycles. The number of rotatable bonds is 12. The molecule has 124 valence electrons. The number of Topliss-reactive ketones (excluding diaryl/α,β-unsaturated/α-hetero) is 1. The topological polar surface area (TPSA) is 124 Å². The number of carbonyl (C=O) groups excluding carboxylic acids is 2. The fraction of sp³-hybridized carbons (Fsp3) is 0.857. The lowest BCUT2D eigenvalue weighted by Crippen LogP contribution is -2.45. The number of ketones is 1. The van der Waals surface area contributed by atoms with Gasteiger partial charge >= 0.3 is 5.97 Å². The van der Waals surface area contributed by atoms with E-state index in [4.69, 9.17) is 9.84 Å². The molecule has 21 heavy (non-hydrogen) atoms. The van der Waals surface area contributed by atoms with Crippen LogP contribution in [0.5, 0.6) is 0 Å². The molecule has 0 heterocycles. The Morgan fingerprint density at radius 1 is 1.05 bits per heavy atom. The molecule has 0 saturated heterocycles. The molecule has 0 spiro atoms. The lowest BCUT2D eigenvalue weighted by molar-refractivity contribution is -0.154. The molecule has 0 unspecified atom stereocenters. The lowest BCUT2D eigenvalue weighted by atomic mass is 10.1. The Hall–Kier alpha value is -1.02. The molecule has 0 aliphatic heterocycles. The van der Waals surface area contributed by atoms with Gasteiger partial charge in [0.15, 0.2) is 5.78 Å². The van der Waals surface area contributed by atoms with Gasteiger partial charge in [0.2, 0.25) is 0 Å². The standard InChI is InChI=1S/C14H26O7/c1-2-3-4-5-6-7-12(18)21-9-11(17)14(20)13(19)10(16)8-15/h11,13-15,17,19-20H,2-9H2,1H3/t11-,13-,14-/m1/s1. The van der Waals surface area contributed by atoms with Crippen molar-refractivity contribution in [3.8, 4) is 0 Å². The van der Waals surface area contributed by atoms with Crippen LogP contribution >= 0.6 is 0 Å². The third-order valence-electron chi connectivity index (χ3n) is 3.10. The molecule has 4 N–H and O–H groups in total. The van der Waals surface area contributed by atoms with Crippen molar-refractivity contribution in [1.29, 1.82) is 0 Å². The van der Waals surface area contributed by atoms with Gasteiger partial charge in [0.1, 0.15) is 31.5 Å². The largest absolute Gasteiger partial charge is 0.463 e. The van der Waals surface area contributed by atoms with Crippen LogP contribution in [0.4, 0.5) is 0 Å². The predicted octanol–water partition coefficient (Wildman–Crippen LogP) is -0.466. The monoisotopic (exact) mass is 306 g/mol. The summed E-state index contributed by atoms with van der Waals surface area (Å²) in [6, 6.07) is 0. The van der Waals surface area contributed by atoms with Gasteiger partial charge in [-0.25, -0.2) is 0 Å². The number of aliphatic hydroxyl groups excluding tert-OH is 4. The zero-order valence-electron chi connectivity index (χ0n) is 12.4. The summed E-state index contributed by atoms with van der Waals surface area (Å²) < 4.78 is 4.76. The molecule has 0 amide bonds. The minimum absolute atomic E-state index is 0.227. The van der Waals surface area contributed by atoms with Gasteiger partial charge in [-0.15, -0.1) is 0 Å². The summed E-state index contributed by atoms with van der Waals surface area (Å²) in [4.78, 5) is 22.3. The zero-order chi connectivity index (χ0) is 16.3. The highest BCUT2D eigenvalue weighted by molar-refractivity contribution is 5.84. The van der Waals surface area contributed by atoms with Crippen molar-refractivity contribution >= 4 is 11.8 Å². The van der Waals surface area contributed by atoms with E-state index < -0.39 is 43.3 Å². The molecule has 7 nitrogen and oxygen atoms in total. The Morgan fingerprint density at radius 3 is 2.24 bits per heavy atom. The van der Waals surface area contributed by atoms with Crippen LogP contribution in [0, 0.1) is 0 Å². The second-order valence-electron chi connectivity index (χ2n) is 4.97. The highest BCUT2D eigenvalue weighted by Gasteiger charge is 2.30. The van der Waals surface area contributed by atoms with E-state index in [-0.39, 0.29) is 6.42 Å². The van der Waals surface area contributed by atoms with Gasteiger partial charge in [-0.1, -0.05) is 32.6 Å². The first-order valence-electron chi connectivity index (χ1n) is 7.27. The molecule has 0 aliphatic carbocycles. The van der Waals surface area contributed by atoms with E-state index >= 15 is 0 Å². The van der Waals surface area contributed by atoms with E-state index in [1.54, 1.807) is 0 Å². The minimum atomic E-state index is -1.90. The van der Waals surface area contributed by atoms with Crippen LogP contribution in [0.3, 0.4) is 0 Å². The van der Waals surface area contributed by atoms with Gasteiger partial charge < -0.3 is 25.2 Å². The molecular formula is C14H26O7. The van der Waals surface area contributed by atoms with E-state index in [1.807, 2.05) is 0 Å². The quantitative estimate of drug-likeness (QED) is 0.284. The van der Waals surface area contributed by atoms with Gasteiger partial charge in [-0.05, 0) is 6.42 Å². The van der Waals surface area contributed by atoms with Crippen LogP contribution < -0.4 is 0 Å². The van der Waals surface area contributed by atoms with Crippen LogP contribution in [0.1, 0.15) is 45.4 Å². The van der Waals surface area contributed by atoms with E-state index in [2.05, 4.69) is 6.92 Å². The molecule has 0 aromatic heterocycles.